The van der Waals surface area contributed by atoms with Gasteiger partial charge in [0.25, 0.3) is 0 Å². The molecule has 1 N–H and O–H groups in total. The topological polar surface area (TPSA) is 96.0 Å². The van der Waals surface area contributed by atoms with Crippen LogP contribution < -0.4 is 5.32 Å². The van der Waals surface area contributed by atoms with Gasteiger partial charge in [0.05, 0.1) is 12.0 Å². The van der Waals surface area contributed by atoms with Gasteiger partial charge in [-0.25, -0.2) is 17.5 Å². The van der Waals surface area contributed by atoms with Crippen molar-refractivity contribution in [1.29, 1.82) is 0 Å². The van der Waals surface area contributed by atoms with Crippen LogP contribution in [-0.4, -0.2) is 87.9 Å². The summed E-state index contributed by atoms with van der Waals surface area (Å²) in [5, 5.41) is 2.91. The zero-order valence-electron chi connectivity index (χ0n) is 24.0. The number of likely N-dealkylation sites (tertiary alicyclic amines) is 1. The summed E-state index contributed by atoms with van der Waals surface area (Å²) < 4.78 is 32.9. The highest BCUT2D eigenvalue weighted by molar-refractivity contribution is 7.98. The van der Waals surface area contributed by atoms with Crippen LogP contribution in [0.3, 0.4) is 0 Å². The Kier molecular flexibility index (Phi) is 12.0. The van der Waals surface area contributed by atoms with E-state index in [1.165, 1.54) is 11.4 Å². The molecule has 1 aliphatic heterocycles. The van der Waals surface area contributed by atoms with Crippen molar-refractivity contribution in [2.45, 2.75) is 49.0 Å². The number of hydrogen-bond acceptors (Lipinski definition) is 7. The van der Waals surface area contributed by atoms with Gasteiger partial charge in [-0.15, -0.1) is 0 Å². The number of ether oxygens (including phenoxy) is 1. The Balaban J connectivity index is 1.62. The van der Waals surface area contributed by atoms with Crippen molar-refractivity contribution in [3.8, 4) is 0 Å². The van der Waals surface area contributed by atoms with E-state index in [2.05, 4.69) is 29.3 Å². The zero-order chi connectivity index (χ0) is 29.2. The minimum atomic E-state index is -3.62. The lowest BCUT2D eigenvalue weighted by molar-refractivity contribution is -0.145. The van der Waals surface area contributed by atoms with Crippen molar-refractivity contribution in [2.75, 3.05) is 52.3 Å². The molecule has 2 aromatic carbocycles. The van der Waals surface area contributed by atoms with Gasteiger partial charge < -0.3 is 15.0 Å². The maximum Gasteiger partial charge on any atom is 0.328 e. The van der Waals surface area contributed by atoms with Gasteiger partial charge in [-0.05, 0) is 75.0 Å². The fourth-order valence-electron chi connectivity index (χ4n) is 5.24. The van der Waals surface area contributed by atoms with Crippen LogP contribution in [-0.2, 0) is 29.8 Å². The van der Waals surface area contributed by atoms with Gasteiger partial charge in [-0.1, -0.05) is 55.5 Å². The maximum absolute atomic E-state index is 13.3. The highest BCUT2D eigenvalue weighted by Gasteiger charge is 2.34. The molecule has 0 radical (unpaired) electrons. The number of nitrogens with one attached hydrogen (secondary N) is 1. The van der Waals surface area contributed by atoms with E-state index in [4.69, 9.17) is 4.74 Å². The average Bonchev–Trinajstić information content (AvgIpc) is 2.98. The van der Waals surface area contributed by atoms with Crippen LogP contribution in [0.4, 0.5) is 0 Å². The van der Waals surface area contributed by atoms with Crippen LogP contribution in [0.25, 0.3) is 0 Å². The summed E-state index contributed by atoms with van der Waals surface area (Å²) in [6.45, 7) is 4.81. The molecule has 0 bridgehead atoms. The van der Waals surface area contributed by atoms with Gasteiger partial charge in [0, 0.05) is 24.9 Å². The Bertz CT molecular complexity index is 1190. The first kappa shape index (κ1) is 32.1. The third kappa shape index (κ3) is 8.55. The molecule has 0 aliphatic carbocycles. The summed E-state index contributed by atoms with van der Waals surface area (Å²) in [5.41, 5.74) is 0.690. The van der Waals surface area contributed by atoms with E-state index < -0.39 is 27.4 Å². The molecule has 1 fully saturated rings. The smallest absolute Gasteiger partial charge is 0.328 e. The van der Waals surface area contributed by atoms with Gasteiger partial charge in [-0.3, -0.25) is 4.79 Å². The number of nitrogens with zero attached hydrogens (tertiary/aromatic N) is 2. The predicted octanol–water partition coefficient (Wildman–Crippen LogP) is 3.78. The second kappa shape index (κ2) is 15.0. The van der Waals surface area contributed by atoms with E-state index in [0.29, 0.717) is 25.8 Å². The maximum atomic E-state index is 13.3. The third-order valence-corrected chi connectivity index (χ3v) is 10.3. The van der Waals surface area contributed by atoms with E-state index in [0.717, 1.165) is 37.4 Å². The fourth-order valence-corrected chi connectivity index (χ4v) is 7.03. The van der Waals surface area contributed by atoms with E-state index in [-0.39, 0.29) is 16.7 Å². The van der Waals surface area contributed by atoms with Crippen molar-refractivity contribution in [3.05, 3.63) is 66.2 Å². The largest absolute Gasteiger partial charge is 0.467 e. The minimum Gasteiger partial charge on any atom is -0.467 e. The van der Waals surface area contributed by atoms with Crippen molar-refractivity contribution < 1.29 is 22.7 Å². The zero-order valence-corrected chi connectivity index (χ0v) is 25.7. The molecule has 8 nitrogen and oxygen atoms in total. The first-order valence-electron chi connectivity index (χ1n) is 13.8. The molecule has 40 heavy (non-hydrogen) atoms. The SMILES string of the molecule is COC(=O)C(CCSC)NC(=O)C1CCN(CCC(C)(CN(C)S(=O)(=O)c2ccccc2)c2ccccc2)CC1. The molecule has 2 atom stereocenters. The van der Waals surface area contributed by atoms with Crippen molar-refractivity contribution in [3.63, 3.8) is 0 Å². The predicted molar refractivity (Wildman–Crippen MR) is 161 cm³/mol. The van der Waals surface area contributed by atoms with E-state index in [1.807, 2.05) is 30.5 Å². The lowest BCUT2D eigenvalue weighted by atomic mass is 9.79. The second-order valence-electron chi connectivity index (χ2n) is 10.7. The van der Waals surface area contributed by atoms with Crippen molar-refractivity contribution in [2.24, 2.45) is 5.92 Å². The second-order valence-corrected chi connectivity index (χ2v) is 13.8. The van der Waals surface area contributed by atoms with E-state index >= 15 is 0 Å². The summed E-state index contributed by atoms with van der Waals surface area (Å²) >= 11 is 1.63. The molecule has 1 saturated heterocycles. The van der Waals surface area contributed by atoms with E-state index in [1.54, 1.807) is 43.1 Å². The summed E-state index contributed by atoms with van der Waals surface area (Å²) in [5.74, 6) is 0.137. The number of sulfonamides is 1. The average molecular weight is 590 g/mol. The van der Waals surface area contributed by atoms with Crippen molar-refractivity contribution in [1.82, 2.24) is 14.5 Å². The van der Waals surface area contributed by atoms with Crippen LogP contribution >= 0.6 is 11.8 Å². The molecule has 0 aromatic heterocycles. The Morgan fingerprint density at radius 1 is 1.10 bits per heavy atom. The summed E-state index contributed by atoms with van der Waals surface area (Å²) in [4.78, 5) is 27.7. The number of carbonyl (C=O) groups is 2. The van der Waals surface area contributed by atoms with Crippen LogP contribution in [0, 0.1) is 5.92 Å². The standard InChI is InChI=1S/C30H43N3O5S2/c1-30(25-11-7-5-8-12-25,23-32(2)40(36,37)26-13-9-6-10-14-26)18-21-33-19-15-24(16-20-33)28(34)31-27(17-22-39-4)29(35)38-3/h5-14,24,27H,15-23H2,1-4H3,(H,31,34). The molecule has 220 valence electrons. The summed E-state index contributed by atoms with van der Waals surface area (Å²) in [6.07, 6.45) is 4.71. The summed E-state index contributed by atoms with van der Waals surface area (Å²) in [6, 6.07) is 18.0. The number of carbonyl (C=O) groups excluding carboxylic acids is 2. The Labute approximate surface area is 243 Å². The Morgan fingerprint density at radius 3 is 2.27 bits per heavy atom. The van der Waals surface area contributed by atoms with Gasteiger partial charge >= 0.3 is 5.97 Å². The molecule has 2 aromatic rings. The first-order valence-corrected chi connectivity index (χ1v) is 16.6. The lowest BCUT2D eigenvalue weighted by Gasteiger charge is -2.38. The first-order chi connectivity index (χ1) is 19.1. The highest BCUT2D eigenvalue weighted by Crippen LogP contribution is 2.31. The molecule has 0 saturated carbocycles. The van der Waals surface area contributed by atoms with Crippen LogP contribution in [0.2, 0.25) is 0 Å². The quantitative estimate of drug-likeness (QED) is 0.335. The van der Waals surface area contributed by atoms with Gasteiger partial charge in [0.1, 0.15) is 6.04 Å². The lowest BCUT2D eigenvalue weighted by Crippen LogP contribution is -2.48. The number of amides is 1. The number of esters is 1. The van der Waals surface area contributed by atoms with Gasteiger partial charge in [0.2, 0.25) is 15.9 Å². The number of rotatable bonds is 14. The summed E-state index contributed by atoms with van der Waals surface area (Å²) in [7, 11) is -0.632. The van der Waals surface area contributed by atoms with Crippen LogP contribution in [0.15, 0.2) is 65.6 Å². The molecule has 1 amide bonds. The number of likely N-dealkylation sites (N-methyl/N-ethyl adjacent to an activating group) is 1. The van der Waals surface area contributed by atoms with Gasteiger partial charge in [0.15, 0.2) is 0 Å². The number of benzene rings is 2. The van der Waals surface area contributed by atoms with Gasteiger partial charge in [-0.2, -0.15) is 11.8 Å². The normalized spacial score (nSPS) is 17.2. The molecular formula is C30H43N3O5S2. The third-order valence-electron chi connectivity index (χ3n) is 7.84. The Hall–Kier alpha value is -2.40. The van der Waals surface area contributed by atoms with E-state index in [9.17, 15) is 18.0 Å². The highest BCUT2D eigenvalue weighted by atomic mass is 32.2. The molecule has 1 aliphatic rings. The molecule has 0 spiro atoms. The number of hydrogen-bond donors (Lipinski definition) is 1. The number of thioether (sulfide) groups is 1. The number of piperidine rings is 1. The molecule has 10 heteroatoms. The fraction of sp³-hybridized carbons (Fsp3) is 0.533. The molecule has 1 heterocycles. The van der Waals surface area contributed by atoms with Crippen LogP contribution in [0.5, 0.6) is 0 Å². The molecular weight excluding hydrogens is 546 g/mol. The minimum absolute atomic E-state index is 0.0852. The molecule has 2 unspecified atom stereocenters. The van der Waals surface area contributed by atoms with Crippen LogP contribution in [0.1, 0.15) is 38.2 Å². The molecule has 3 rings (SSSR count). The van der Waals surface area contributed by atoms with Crippen molar-refractivity contribution >= 4 is 33.7 Å². The monoisotopic (exact) mass is 589 g/mol. The Morgan fingerprint density at radius 2 is 1.70 bits per heavy atom. The number of methoxy groups -OCH3 is 1.